The molecule has 218 valence electrons. The fourth-order valence-corrected chi connectivity index (χ4v) is 5.57. The van der Waals surface area contributed by atoms with Gasteiger partial charge in [-0.25, -0.2) is 14.4 Å². The van der Waals surface area contributed by atoms with E-state index >= 15 is 0 Å². The third-order valence-corrected chi connectivity index (χ3v) is 7.88. The van der Waals surface area contributed by atoms with Crippen molar-refractivity contribution in [2.45, 2.75) is 31.4 Å². The zero-order valence-corrected chi connectivity index (χ0v) is 23.8. The lowest BCUT2D eigenvalue weighted by molar-refractivity contribution is -0.149. The highest BCUT2D eigenvalue weighted by atomic mass is 35.5. The number of carbonyl (C=O) groups excluding carboxylic acids is 1. The number of fused-ring (bicyclic) bond motifs is 1. The molecule has 0 amide bonds. The van der Waals surface area contributed by atoms with Crippen LogP contribution in [0.4, 0.5) is 10.1 Å². The number of morpholine rings is 1. The van der Waals surface area contributed by atoms with Crippen molar-refractivity contribution in [2.75, 3.05) is 38.1 Å². The molecule has 3 aromatic carbocycles. The Bertz CT molecular complexity index is 1550. The van der Waals surface area contributed by atoms with E-state index in [1.807, 2.05) is 49.4 Å². The van der Waals surface area contributed by atoms with Gasteiger partial charge in [0.05, 0.1) is 34.6 Å². The van der Waals surface area contributed by atoms with Crippen molar-refractivity contribution in [1.29, 1.82) is 0 Å². The molecule has 1 aromatic heterocycles. The van der Waals surface area contributed by atoms with E-state index in [9.17, 15) is 9.18 Å². The van der Waals surface area contributed by atoms with Crippen molar-refractivity contribution in [3.8, 4) is 17.0 Å². The molecular weight excluding hydrogens is 561 g/mol. The molecule has 0 radical (unpaired) electrons. The topological polar surface area (TPSA) is 97.8 Å². The minimum atomic E-state index is -0.493. The van der Waals surface area contributed by atoms with E-state index in [0.29, 0.717) is 55.2 Å². The maximum Gasteiger partial charge on any atom is 0.294 e. The van der Waals surface area contributed by atoms with Gasteiger partial charge in [-0.15, -0.1) is 0 Å². The van der Waals surface area contributed by atoms with Crippen LogP contribution in [0.2, 0.25) is 5.02 Å². The first-order chi connectivity index (χ1) is 20.5. The summed E-state index contributed by atoms with van der Waals surface area (Å²) in [4.78, 5) is 22.4. The number of nitrogens with one attached hydrogen (secondary N) is 2. The number of halogens is 2. The van der Waals surface area contributed by atoms with Crippen LogP contribution in [0.25, 0.3) is 22.2 Å². The lowest BCUT2D eigenvalue weighted by atomic mass is 10.0. The summed E-state index contributed by atoms with van der Waals surface area (Å²) in [5.41, 5.74) is 3.65. The number of aromatic nitrogens is 2. The molecule has 2 fully saturated rings. The minimum Gasteiger partial charge on any atom is -0.486 e. The number of ether oxygens (including phenoxy) is 3. The van der Waals surface area contributed by atoms with Crippen LogP contribution in [-0.4, -0.2) is 72.4 Å². The van der Waals surface area contributed by atoms with E-state index < -0.39 is 12.0 Å². The van der Waals surface area contributed by atoms with Crippen LogP contribution in [0.15, 0.2) is 67.0 Å². The maximum atomic E-state index is 13.9. The first-order valence-corrected chi connectivity index (χ1v) is 14.3. The van der Waals surface area contributed by atoms with Crippen LogP contribution in [0.1, 0.15) is 18.7 Å². The molecule has 3 unspecified atom stereocenters. The van der Waals surface area contributed by atoms with E-state index in [0.717, 1.165) is 23.2 Å². The van der Waals surface area contributed by atoms with Crippen LogP contribution < -0.4 is 15.4 Å². The van der Waals surface area contributed by atoms with Gasteiger partial charge in [-0.1, -0.05) is 41.9 Å². The second-order valence-corrected chi connectivity index (χ2v) is 10.9. The molecule has 2 aliphatic heterocycles. The highest BCUT2D eigenvalue weighted by molar-refractivity contribution is 6.31. The molecule has 2 aliphatic rings. The zero-order valence-electron chi connectivity index (χ0n) is 23.0. The third-order valence-electron chi connectivity index (χ3n) is 7.59. The number of benzene rings is 3. The summed E-state index contributed by atoms with van der Waals surface area (Å²) in [5.74, 6) is 0.139. The molecule has 2 N–H and O–H groups in total. The second-order valence-electron chi connectivity index (χ2n) is 10.4. The Morgan fingerprint density at radius 2 is 2.00 bits per heavy atom. The molecule has 0 spiro atoms. The Hall–Kier alpha value is -3.83. The fraction of sp³-hybridized carbons (Fsp3) is 0.323. The summed E-state index contributed by atoms with van der Waals surface area (Å²) in [6, 6.07) is 18.1. The van der Waals surface area contributed by atoms with Gasteiger partial charge in [-0.3, -0.25) is 9.69 Å². The molecule has 42 heavy (non-hydrogen) atoms. The third kappa shape index (κ3) is 6.03. The van der Waals surface area contributed by atoms with Crippen molar-refractivity contribution >= 4 is 34.7 Å². The highest BCUT2D eigenvalue weighted by Gasteiger charge is 2.35. The average Bonchev–Trinajstić information content (AvgIpc) is 3.00. The van der Waals surface area contributed by atoms with Crippen LogP contribution in [0.3, 0.4) is 0 Å². The van der Waals surface area contributed by atoms with Crippen molar-refractivity contribution in [3.05, 3.63) is 83.4 Å². The number of anilines is 1. The van der Waals surface area contributed by atoms with Gasteiger partial charge >= 0.3 is 0 Å². The summed E-state index contributed by atoms with van der Waals surface area (Å²) < 4.78 is 31.8. The Balaban J connectivity index is 1.30. The number of carbonyl (C=O) groups is 1. The Morgan fingerprint density at radius 3 is 2.74 bits per heavy atom. The number of hydrogen-bond donors (Lipinski definition) is 2. The lowest BCUT2D eigenvalue weighted by Crippen LogP contribution is -2.56. The van der Waals surface area contributed by atoms with Crippen molar-refractivity contribution in [2.24, 2.45) is 0 Å². The number of likely N-dealkylation sites (tertiary alicyclic amines) is 1. The van der Waals surface area contributed by atoms with Crippen LogP contribution in [0.5, 0.6) is 5.75 Å². The molecule has 0 saturated carbocycles. The summed E-state index contributed by atoms with van der Waals surface area (Å²) >= 11 is 6.10. The monoisotopic (exact) mass is 591 g/mol. The number of hydrogen-bond acceptors (Lipinski definition) is 9. The Labute approximate surface area is 247 Å². The van der Waals surface area contributed by atoms with Gasteiger partial charge in [-0.05, 0) is 31.2 Å². The molecule has 4 aromatic rings. The highest BCUT2D eigenvalue weighted by Crippen LogP contribution is 2.37. The van der Waals surface area contributed by atoms with Crippen LogP contribution >= 0.6 is 11.6 Å². The summed E-state index contributed by atoms with van der Waals surface area (Å²) in [6.07, 6.45) is 0.683. The molecule has 0 bridgehead atoms. The van der Waals surface area contributed by atoms with Crippen LogP contribution in [0, 0.1) is 5.82 Å². The molecule has 11 heteroatoms. The van der Waals surface area contributed by atoms with Crippen molar-refractivity contribution < 1.29 is 23.4 Å². The molecule has 9 nitrogen and oxygen atoms in total. The molecule has 6 rings (SSSR count). The van der Waals surface area contributed by atoms with E-state index in [-0.39, 0.29) is 23.3 Å². The lowest BCUT2D eigenvalue weighted by Gasteiger charge is -2.44. The average molecular weight is 592 g/mol. The number of rotatable bonds is 10. The predicted octanol–water partition coefficient (Wildman–Crippen LogP) is 4.81. The summed E-state index contributed by atoms with van der Waals surface area (Å²) in [5, 5.41) is 7.75. The first kappa shape index (κ1) is 28.3. The predicted molar refractivity (Wildman–Crippen MR) is 158 cm³/mol. The Morgan fingerprint density at radius 1 is 1.17 bits per heavy atom. The fourth-order valence-electron chi connectivity index (χ4n) is 5.39. The molecular formula is C31H31ClFN5O4. The largest absolute Gasteiger partial charge is 0.486 e. The van der Waals surface area contributed by atoms with Gasteiger partial charge in [0.15, 0.2) is 6.23 Å². The minimum absolute atomic E-state index is 0.0209. The van der Waals surface area contributed by atoms with E-state index in [1.165, 1.54) is 12.4 Å². The maximum absolute atomic E-state index is 13.9. The Kier molecular flexibility index (Phi) is 8.48. The number of nitrogens with zero attached hydrogens (tertiary/aromatic N) is 3. The quantitative estimate of drug-likeness (QED) is 0.252. The molecule has 3 atom stereocenters. The van der Waals surface area contributed by atoms with Gasteiger partial charge in [-0.2, -0.15) is 0 Å². The van der Waals surface area contributed by atoms with Crippen molar-refractivity contribution in [1.82, 2.24) is 20.2 Å². The van der Waals surface area contributed by atoms with Crippen LogP contribution in [-0.2, 0) is 14.3 Å². The van der Waals surface area contributed by atoms with Gasteiger partial charge < -0.3 is 24.8 Å². The van der Waals surface area contributed by atoms with E-state index in [1.54, 1.807) is 12.1 Å². The van der Waals surface area contributed by atoms with E-state index in [2.05, 4.69) is 25.5 Å². The molecule has 0 aliphatic carbocycles. The summed E-state index contributed by atoms with van der Waals surface area (Å²) in [6.45, 7) is 5.90. The summed E-state index contributed by atoms with van der Waals surface area (Å²) in [7, 11) is 0. The molecule has 2 saturated heterocycles. The zero-order chi connectivity index (χ0) is 29.1. The SMILES string of the molecule is CC(Oc1cc2ncnc(-c3ccc(F)c(Cl)c3)c2cc1NC1CN(C(OC=O)c2ccccc2)C1)C1CNCCO1. The van der Waals surface area contributed by atoms with Gasteiger partial charge in [0.1, 0.15) is 30.1 Å². The van der Waals surface area contributed by atoms with Gasteiger partial charge in [0.25, 0.3) is 6.47 Å². The second kappa shape index (κ2) is 12.6. The normalized spacial score (nSPS) is 19.1. The smallest absolute Gasteiger partial charge is 0.294 e. The van der Waals surface area contributed by atoms with Crippen molar-refractivity contribution in [3.63, 3.8) is 0 Å². The van der Waals surface area contributed by atoms with Gasteiger partial charge in [0.2, 0.25) is 0 Å². The van der Waals surface area contributed by atoms with Gasteiger partial charge in [0, 0.05) is 48.8 Å². The van der Waals surface area contributed by atoms with E-state index in [4.69, 9.17) is 25.8 Å². The first-order valence-electron chi connectivity index (χ1n) is 13.9. The standard InChI is InChI=1S/C31H31ClFN5O4/c1-19(29-14-34-9-10-40-29)42-28-13-26-23(30(36-17-35-26)21-7-8-25(33)24(32)11-21)12-27(28)37-22-15-38(16-22)31(41-18-39)20-5-3-2-4-6-20/h2-8,11-13,17-19,22,29,31,34,37H,9-10,14-16H2,1H3. The molecule has 3 heterocycles.